The number of hydrogen-bond acceptors (Lipinski definition) is 20. The van der Waals surface area contributed by atoms with Gasteiger partial charge in [0.15, 0.2) is 47.6 Å². The molecule has 0 N–H and O–H groups in total. The van der Waals surface area contributed by atoms with E-state index in [0.29, 0.717) is 37.3 Å². The van der Waals surface area contributed by atoms with Gasteiger partial charge in [0.25, 0.3) is 11.8 Å². The zero-order chi connectivity index (χ0) is 46.8. The van der Waals surface area contributed by atoms with Crippen molar-refractivity contribution in [1.29, 1.82) is 0 Å². The summed E-state index contributed by atoms with van der Waals surface area (Å²) in [4.78, 5) is 111. The average molecular weight is 897 g/mol. The lowest BCUT2D eigenvalue weighted by molar-refractivity contribution is -0.213. The molecule has 348 valence electrons. The summed E-state index contributed by atoms with van der Waals surface area (Å²) in [6.45, 7) is 13.3. The Morgan fingerprint density at radius 2 is 0.953 bits per heavy atom. The Kier molecular flexibility index (Phi) is 12.2. The van der Waals surface area contributed by atoms with Crippen molar-refractivity contribution in [1.82, 2.24) is 20.3 Å². The van der Waals surface area contributed by atoms with Crippen molar-refractivity contribution >= 4 is 47.4 Å². The van der Waals surface area contributed by atoms with Crippen molar-refractivity contribution in [2.75, 3.05) is 14.2 Å². The van der Waals surface area contributed by atoms with Crippen molar-refractivity contribution in [2.45, 2.75) is 131 Å². The molecule has 6 fully saturated rings. The molecule has 64 heavy (non-hydrogen) atoms. The van der Waals surface area contributed by atoms with Crippen LogP contribution in [0.25, 0.3) is 0 Å². The molecule has 4 aliphatic carbocycles. The summed E-state index contributed by atoms with van der Waals surface area (Å²) in [5.74, 6) is -6.20. The number of Topliss-reactive ketones (excluding diaryl/α,β-unsaturated/α-hetero) is 2. The number of methoxy groups -OCH3 is 2. The van der Waals surface area contributed by atoms with E-state index in [1.54, 1.807) is 13.8 Å². The molecule has 8 rings (SSSR count). The average Bonchev–Trinajstić information content (AvgIpc) is 3.86. The minimum absolute atomic E-state index is 0.0650. The minimum atomic E-state index is -1.08. The van der Waals surface area contributed by atoms with Gasteiger partial charge in [-0.2, -0.15) is 9.97 Å². The number of ether oxygens (including phenoxy) is 6. The predicted octanol–water partition coefficient (Wildman–Crippen LogP) is 4.20. The van der Waals surface area contributed by atoms with Gasteiger partial charge in [0.05, 0.1) is 37.9 Å². The van der Waals surface area contributed by atoms with Gasteiger partial charge in [-0.05, 0) is 61.2 Å². The third kappa shape index (κ3) is 7.66. The van der Waals surface area contributed by atoms with Crippen LogP contribution < -0.4 is 0 Å². The quantitative estimate of drug-likeness (QED) is 0.290. The Morgan fingerprint density at radius 1 is 0.594 bits per heavy atom. The first-order valence-corrected chi connectivity index (χ1v) is 21.6. The van der Waals surface area contributed by atoms with Crippen LogP contribution in [0.4, 0.5) is 0 Å². The maximum Gasteiger partial charge on any atom is 0.310 e. The molecule has 20 nitrogen and oxygen atoms in total. The molecular weight excluding hydrogens is 840 g/mol. The first kappa shape index (κ1) is 46.4. The van der Waals surface area contributed by atoms with Crippen LogP contribution in [0.5, 0.6) is 0 Å². The number of aryl methyl sites for hydroxylation is 2. The van der Waals surface area contributed by atoms with Crippen LogP contribution in [0.15, 0.2) is 9.05 Å². The highest BCUT2D eigenvalue weighted by Gasteiger charge is 2.70. The smallest absolute Gasteiger partial charge is 0.310 e. The zero-order valence-electron chi connectivity index (χ0n) is 37.8. The molecule has 0 aromatic carbocycles. The standard InChI is InChI=1S/2C22H28N2O8/c2*1-10-23-18(32-24-10)15-9-22(4)12(20(28)31-15)6-7-21(3)13(19(27)29-5)8-14(30-11(2)25)16(26)17(21)22/h2*12-15,17H,6-9H2,1-5H3/t12-,13+,14+,15+,17+,21+,22+;12-,13-,14-,15-,17-,21-,22-/m10/s1. The summed E-state index contributed by atoms with van der Waals surface area (Å²) >= 11 is 0. The second kappa shape index (κ2) is 16.8. The highest BCUT2D eigenvalue weighted by molar-refractivity contribution is 5.94. The number of ketones is 2. The molecule has 2 aromatic heterocycles. The number of cyclic esters (lactones) is 2. The number of carbonyl (C=O) groups excluding carboxylic acids is 8. The summed E-state index contributed by atoms with van der Waals surface area (Å²) in [5, 5.41) is 7.56. The molecule has 0 bridgehead atoms. The summed E-state index contributed by atoms with van der Waals surface area (Å²) in [7, 11) is 2.61. The van der Waals surface area contributed by atoms with E-state index in [0.717, 1.165) is 0 Å². The molecule has 6 aliphatic rings. The van der Waals surface area contributed by atoms with Crippen molar-refractivity contribution in [3.8, 4) is 0 Å². The molecule has 4 saturated carbocycles. The van der Waals surface area contributed by atoms with Crippen LogP contribution in [0.2, 0.25) is 0 Å². The Morgan fingerprint density at radius 3 is 1.25 bits per heavy atom. The third-order valence-electron chi connectivity index (χ3n) is 15.4. The van der Waals surface area contributed by atoms with E-state index in [9.17, 15) is 38.4 Å². The highest BCUT2D eigenvalue weighted by Crippen LogP contribution is 2.67. The van der Waals surface area contributed by atoms with Crippen molar-refractivity contribution in [3.05, 3.63) is 23.4 Å². The SMILES string of the molecule is COC(=O)[C@@H]1C[C@H](OC(C)=O)C(=O)[C@@H]2[C@@]3(C)C[C@@H](c4nc(C)no4)OC(=O)[C@H]3CC[C@]21C.COC(=O)[C@@H]1C[C@H](OC(C)=O)C(=O)[C@H]2[C@@]1(C)CC[C@H]1C(=O)O[C@H](c3nc(C)no3)C[C@]21C. The van der Waals surface area contributed by atoms with Crippen LogP contribution in [-0.2, 0) is 66.8 Å². The Labute approximate surface area is 368 Å². The van der Waals surface area contributed by atoms with Gasteiger partial charge in [0, 0.05) is 51.4 Å². The summed E-state index contributed by atoms with van der Waals surface area (Å²) in [6, 6.07) is 0. The maximum absolute atomic E-state index is 13.7. The van der Waals surface area contributed by atoms with Crippen LogP contribution in [-0.4, -0.2) is 94.1 Å². The lowest BCUT2D eigenvalue weighted by Crippen LogP contribution is -2.64. The number of carbonyl (C=O) groups is 8. The molecule has 0 spiro atoms. The Hall–Kier alpha value is -5.56. The first-order valence-electron chi connectivity index (χ1n) is 21.6. The van der Waals surface area contributed by atoms with Gasteiger partial charge in [0.1, 0.15) is 0 Å². The highest BCUT2D eigenvalue weighted by atomic mass is 16.6. The fourth-order valence-electron chi connectivity index (χ4n) is 12.8. The van der Waals surface area contributed by atoms with Crippen LogP contribution >= 0.6 is 0 Å². The van der Waals surface area contributed by atoms with E-state index in [1.165, 1.54) is 28.1 Å². The lowest BCUT2D eigenvalue weighted by atomic mass is 9.43. The fraction of sp³-hybridized carbons (Fsp3) is 0.727. The number of esters is 6. The topological polar surface area (TPSA) is 270 Å². The fourth-order valence-corrected chi connectivity index (χ4v) is 12.8. The number of nitrogens with zero attached hydrogens (tertiary/aromatic N) is 4. The number of aromatic nitrogens is 4. The van der Waals surface area contributed by atoms with Crippen LogP contribution in [0, 0.1) is 71.0 Å². The molecular formula is C44H56N4O16. The normalized spacial score (nSPS) is 38.8. The number of fused-ring (bicyclic) bond motifs is 6. The van der Waals surface area contributed by atoms with Crippen LogP contribution in [0.3, 0.4) is 0 Å². The summed E-state index contributed by atoms with van der Waals surface area (Å²) < 4.78 is 42.6. The van der Waals surface area contributed by atoms with Crippen molar-refractivity contribution in [2.24, 2.45) is 57.2 Å². The van der Waals surface area contributed by atoms with Crippen molar-refractivity contribution < 1.29 is 75.8 Å². The molecule has 0 unspecified atom stereocenters. The monoisotopic (exact) mass is 896 g/mol. The van der Waals surface area contributed by atoms with E-state index in [-0.39, 0.29) is 49.0 Å². The van der Waals surface area contributed by atoms with E-state index < -0.39 is 117 Å². The van der Waals surface area contributed by atoms with Gasteiger partial charge in [-0.25, -0.2) is 0 Å². The number of hydrogen-bond donors (Lipinski definition) is 0. The van der Waals surface area contributed by atoms with Gasteiger partial charge >= 0.3 is 35.8 Å². The second-order valence-electron chi connectivity index (χ2n) is 19.3. The molecule has 4 heterocycles. The van der Waals surface area contributed by atoms with Gasteiger partial charge in [-0.1, -0.05) is 38.0 Å². The Bertz CT molecular complexity index is 2100. The van der Waals surface area contributed by atoms with E-state index in [1.807, 2.05) is 27.7 Å². The molecule has 2 saturated heterocycles. The van der Waals surface area contributed by atoms with E-state index in [2.05, 4.69) is 20.3 Å². The molecule has 14 atom stereocenters. The van der Waals surface area contributed by atoms with Crippen molar-refractivity contribution in [3.63, 3.8) is 0 Å². The maximum atomic E-state index is 13.7. The van der Waals surface area contributed by atoms with Gasteiger partial charge in [-0.3, -0.25) is 38.4 Å². The van der Waals surface area contributed by atoms with E-state index in [4.69, 9.17) is 37.5 Å². The summed E-state index contributed by atoms with van der Waals surface area (Å²) in [5.41, 5.74) is -3.26. The molecule has 2 aromatic rings. The molecule has 0 amide bonds. The summed E-state index contributed by atoms with van der Waals surface area (Å²) in [6.07, 6.45) is -1.20. The van der Waals surface area contributed by atoms with Gasteiger partial charge in [-0.15, -0.1) is 0 Å². The van der Waals surface area contributed by atoms with Crippen LogP contribution in [0.1, 0.15) is 129 Å². The number of rotatable bonds is 6. The van der Waals surface area contributed by atoms with E-state index >= 15 is 0 Å². The molecule has 0 radical (unpaired) electrons. The van der Waals surface area contributed by atoms with Gasteiger partial charge in [0.2, 0.25) is 0 Å². The predicted molar refractivity (Wildman–Crippen MR) is 211 cm³/mol. The third-order valence-corrected chi connectivity index (χ3v) is 15.4. The lowest BCUT2D eigenvalue weighted by Gasteiger charge is -2.60. The largest absolute Gasteiger partial charge is 0.469 e. The molecule has 20 heteroatoms. The minimum Gasteiger partial charge on any atom is -0.469 e. The second-order valence-corrected chi connectivity index (χ2v) is 19.3. The zero-order valence-corrected chi connectivity index (χ0v) is 37.8. The van der Waals surface area contributed by atoms with Gasteiger partial charge < -0.3 is 37.5 Å². The Balaban J connectivity index is 0.000000191. The first-order chi connectivity index (χ1) is 30.0. The molecule has 2 aliphatic heterocycles.